The molecule has 3 nitrogen and oxygen atoms in total. The van der Waals surface area contributed by atoms with Gasteiger partial charge in [0.2, 0.25) is 0 Å². The maximum atomic E-state index is 9.95. The quantitative estimate of drug-likeness (QED) is 0.821. The summed E-state index contributed by atoms with van der Waals surface area (Å²) in [4.78, 5) is 2.28. The standard InChI is InChI=1S/C17H26N2O/c1-5-14(6-2)12-19(7-3)17-10-15(11-18)8-9-16(17)13(4)20/h8-10,13-14,20H,5-7,12H2,1-4H3. The van der Waals surface area contributed by atoms with Gasteiger partial charge in [-0.2, -0.15) is 5.26 Å². The topological polar surface area (TPSA) is 47.3 Å². The van der Waals surface area contributed by atoms with E-state index in [2.05, 4.69) is 31.7 Å². The zero-order chi connectivity index (χ0) is 15.1. The van der Waals surface area contributed by atoms with E-state index in [0.717, 1.165) is 37.2 Å². The van der Waals surface area contributed by atoms with Gasteiger partial charge < -0.3 is 10.0 Å². The van der Waals surface area contributed by atoms with Crippen LogP contribution in [0.1, 0.15) is 57.8 Å². The predicted octanol–water partition coefficient (Wildman–Crippen LogP) is 3.87. The lowest BCUT2D eigenvalue weighted by Gasteiger charge is -2.30. The van der Waals surface area contributed by atoms with Crippen LogP contribution >= 0.6 is 0 Å². The Kier molecular flexibility index (Phi) is 6.54. The number of benzene rings is 1. The number of nitrogens with zero attached hydrogens (tertiary/aromatic N) is 2. The van der Waals surface area contributed by atoms with Crippen molar-refractivity contribution in [3.05, 3.63) is 29.3 Å². The molecule has 110 valence electrons. The first-order valence-electron chi connectivity index (χ1n) is 7.54. The zero-order valence-electron chi connectivity index (χ0n) is 13.1. The minimum absolute atomic E-state index is 0.520. The number of rotatable bonds is 7. The van der Waals surface area contributed by atoms with Crippen molar-refractivity contribution in [1.82, 2.24) is 0 Å². The Morgan fingerprint density at radius 2 is 1.90 bits per heavy atom. The summed E-state index contributed by atoms with van der Waals surface area (Å²) in [6, 6.07) is 7.73. The first-order chi connectivity index (χ1) is 9.57. The summed E-state index contributed by atoms with van der Waals surface area (Å²) in [6.45, 7) is 10.2. The van der Waals surface area contributed by atoms with E-state index in [1.165, 1.54) is 0 Å². The Balaban J connectivity index is 3.15. The molecule has 1 unspecified atom stereocenters. The number of nitriles is 1. The molecule has 1 atom stereocenters. The van der Waals surface area contributed by atoms with Crippen LogP contribution in [-0.2, 0) is 0 Å². The molecule has 0 saturated heterocycles. The van der Waals surface area contributed by atoms with Crippen molar-refractivity contribution >= 4 is 5.69 Å². The fourth-order valence-electron chi connectivity index (χ4n) is 2.50. The van der Waals surface area contributed by atoms with Crippen LogP contribution in [0.15, 0.2) is 18.2 Å². The highest BCUT2D eigenvalue weighted by Gasteiger charge is 2.17. The van der Waals surface area contributed by atoms with E-state index in [-0.39, 0.29) is 0 Å². The summed E-state index contributed by atoms with van der Waals surface area (Å²) < 4.78 is 0. The van der Waals surface area contributed by atoms with Gasteiger partial charge in [0.05, 0.1) is 17.7 Å². The van der Waals surface area contributed by atoms with Crippen molar-refractivity contribution in [3.8, 4) is 6.07 Å². The van der Waals surface area contributed by atoms with E-state index in [0.29, 0.717) is 11.5 Å². The Hall–Kier alpha value is -1.53. The second-order valence-corrected chi connectivity index (χ2v) is 5.28. The van der Waals surface area contributed by atoms with Crippen molar-refractivity contribution in [1.29, 1.82) is 5.26 Å². The Bertz CT molecular complexity index is 459. The van der Waals surface area contributed by atoms with Crippen LogP contribution in [-0.4, -0.2) is 18.2 Å². The SMILES string of the molecule is CCC(CC)CN(CC)c1cc(C#N)ccc1C(C)O. The van der Waals surface area contributed by atoms with Gasteiger partial charge in [0.15, 0.2) is 0 Å². The lowest BCUT2D eigenvalue weighted by molar-refractivity contribution is 0.199. The molecule has 3 heteroatoms. The summed E-state index contributed by atoms with van der Waals surface area (Å²) in [6.07, 6.45) is 1.78. The normalized spacial score (nSPS) is 12.2. The predicted molar refractivity (Wildman–Crippen MR) is 83.7 cm³/mol. The van der Waals surface area contributed by atoms with E-state index >= 15 is 0 Å². The van der Waals surface area contributed by atoms with Crippen molar-refractivity contribution in [2.24, 2.45) is 5.92 Å². The van der Waals surface area contributed by atoms with Gasteiger partial charge in [-0.25, -0.2) is 0 Å². The summed E-state index contributed by atoms with van der Waals surface area (Å²) in [5.74, 6) is 0.641. The van der Waals surface area contributed by atoms with Crippen molar-refractivity contribution < 1.29 is 5.11 Å². The molecule has 1 N–H and O–H groups in total. The van der Waals surface area contributed by atoms with E-state index in [4.69, 9.17) is 5.26 Å². The van der Waals surface area contributed by atoms with Gasteiger partial charge in [0, 0.05) is 24.3 Å². The fourth-order valence-corrected chi connectivity index (χ4v) is 2.50. The Labute approximate surface area is 122 Å². The van der Waals surface area contributed by atoms with Crippen LogP contribution in [0.4, 0.5) is 5.69 Å². The van der Waals surface area contributed by atoms with Crippen LogP contribution in [0.3, 0.4) is 0 Å². The number of aliphatic hydroxyl groups excluding tert-OH is 1. The molecule has 20 heavy (non-hydrogen) atoms. The number of hydrogen-bond acceptors (Lipinski definition) is 3. The van der Waals surface area contributed by atoms with Gasteiger partial charge in [0.25, 0.3) is 0 Å². The fraction of sp³-hybridized carbons (Fsp3) is 0.588. The van der Waals surface area contributed by atoms with Crippen LogP contribution in [0.2, 0.25) is 0 Å². The van der Waals surface area contributed by atoms with Crippen LogP contribution in [0.25, 0.3) is 0 Å². The molecule has 1 rings (SSSR count). The molecule has 0 heterocycles. The molecular weight excluding hydrogens is 248 g/mol. The molecule has 0 aliphatic carbocycles. The lowest BCUT2D eigenvalue weighted by atomic mass is 10.00. The van der Waals surface area contributed by atoms with Gasteiger partial charge in [-0.1, -0.05) is 32.8 Å². The van der Waals surface area contributed by atoms with Crippen LogP contribution in [0, 0.1) is 17.2 Å². The molecule has 0 amide bonds. The highest BCUT2D eigenvalue weighted by atomic mass is 16.3. The smallest absolute Gasteiger partial charge is 0.0992 e. The van der Waals surface area contributed by atoms with Crippen LogP contribution in [0.5, 0.6) is 0 Å². The second kappa shape index (κ2) is 7.91. The summed E-state index contributed by atoms with van der Waals surface area (Å²) >= 11 is 0. The maximum Gasteiger partial charge on any atom is 0.0992 e. The van der Waals surface area contributed by atoms with E-state index in [1.807, 2.05) is 12.1 Å². The highest BCUT2D eigenvalue weighted by Crippen LogP contribution is 2.29. The number of hydrogen-bond donors (Lipinski definition) is 1. The maximum absolute atomic E-state index is 9.95. The molecule has 0 bridgehead atoms. The summed E-state index contributed by atoms with van der Waals surface area (Å²) in [5.41, 5.74) is 2.54. The number of anilines is 1. The summed E-state index contributed by atoms with van der Waals surface area (Å²) in [5, 5.41) is 19.0. The van der Waals surface area contributed by atoms with Gasteiger partial charge >= 0.3 is 0 Å². The van der Waals surface area contributed by atoms with E-state index < -0.39 is 6.10 Å². The zero-order valence-corrected chi connectivity index (χ0v) is 13.1. The average Bonchev–Trinajstić information content (AvgIpc) is 2.48. The van der Waals surface area contributed by atoms with Gasteiger partial charge in [-0.3, -0.25) is 0 Å². The monoisotopic (exact) mass is 274 g/mol. The van der Waals surface area contributed by atoms with Crippen molar-refractivity contribution in [2.75, 3.05) is 18.0 Å². The lowest BCUT2D eigenvalue weighted by Crippen LogP contribution is -2.30. The van der Waals surface area contributed by atoms with E-state index in [1.54, 1.807) is 13.0 Å². The molecule has 0 aliphatic rings. The third kappa shape index (κ3) is 3.98. The van der Waals surface area contributed by atoms with Crippen molar-refractivity contribution in [3.63, 3.8) is 0 Å². The van der Waals surface area contributed by atoms with Gasteiger partial charge in [0.1, 0.15) is 0 Å². The molecule has 0 aromatic heterocycles. The molecule has 0 radical (unpaired) electrons. The second-order valence-electron chi connectivity index (χ2n) is 5.28. The van der Waals surface area contributed by atoms with Gasteiger partial charge in [-0.05, 0) is 31.9 Å². The third-order valence-corrected chi connectivity index (χ3v) is 3.97. The molecular formula is C17H26N2O. The first-order valence-corrected chi connectivity index (χ1v) is 7.54. The molecule has 1 aromatic carbocycles. The molecule has 0 spiro atoms. The minimum atomic E-state index is -0.520. The minimum Gasteiger partial charge on any atom is -0.389 e. The van der Waals surface area contributed by atoms with Crippen LogP contribution < -0.4 is 4.90 Å². The summed E-state index contributed by atoms with van der Waals surface area (Å²) in [7, 11) is 0. The Morgan fingerprint density at radius 3 is 2.35 bits per heavy atom. The van der Waals surface area contributed by atoms with E-state index in [9.17, 15) is 5.11 Å². The van der Waals surface area contributed by atoms with Crippen molar-refractivity contribution in [2.45, 2.75) is 46.6 Å². The highest BCUT2D eigenvalue weighted by molar-refractivity contribution is 5.58. The molecule has 1 aromatic rings. The molecule has 0 aliphatic heterocycles. The third-order valence-electron chi connectivity index (χ3n) is 3.97. The van der Waals surface area contributed by atoms with Gasteiger partial charge in [-0.15, -0.1) is 0 Å². The Morgan fingerprint density at radius 1 is 1.25 bits per heavy atom. The average molecular weight is 274 g/mol. The largest absolute Gasteiger partial charge is 0.389 e. The molecule has 0 fully saturated rings. The molecule has 0 saturated carbocycles. The number of aliphatic hydroxyl groups is 1. The first kappa shape index (κ1) is 16.5.